The Balaban J connectivity index is 2.25. The van der Waals surface area contributed by atoms with Gasteiger partial charge in [0.25, 0.3) is 0 Å². The van der Waals surface area contributed by atoms with Gasteiger partial charge >= 0.3 is 5.97 Å². The molecule has 0 aliphatic heterocycles. The minimum Gasteiger partial charge on any atom is -0.468 e. The second kappa shape index (κ2) is 5.97. The molecule has 2 heterocycles. The molecule has 0 saturated carbocycles. The van der Waals surface area contributed by atoms with Gasteiger partial charge < -0.3 is 4.74 Å². The van der Waals surface area contributed by atoms with E-state index in [1.807, 2.05) is 31.4 Å². The average molecular weight is 324 g/mol. The fraction of sp³-hybridized carbons (Fsp3) is 0.308. The van der Waals surface area contributed by atoms with E-state index < -0.39 is 5.92 Å². The van der Waals surface area contributed by atoms with Crippen LogP contribution in [0.4, 0.5) is 0 Å². The van der Waals surface area contributed by atoms with Crippen molar-refractivity contribution in [3.63, 3.8) is 0 Å². The molecular formula is C13H14BrN3O2. The van der Waals surface area contributed by atoms with Crippen LogP contribution in [0.5, 0.6) is 0 Å². The third-order valence-electron chi connectivity index (χ3n) is 2.78. The van der Waals surface area contributed by atoms with Crippen molar-refractivity contribution >= 4 is 21.9 Å². The molecule has 0 saturated heterocycles. The quantitative estimate of drug-likeness (QED) is 0.808. The summed E-state index contributed by atoms with van der Waals surface area (Å²) in [5.41, 5.74) is 1.52. The molecule has 2 aromatic rings. The molecule has 2 rings (SSSR count). The maximum Gasteiger partial charge on any atom is 0.315 e. The number of aryl methyl sites for hydroxylation is 1. The number of aromatic nitrogens is 3. The first kappa shape index (κ1) is 13.7. The lowest BCUT2D eigenvalue weighted by atomic mass is 9.99. The summed E-state index contributed by atoms with van der Waals surface area (Å²) < 4.78 is 7.43. The van der Waals surface area contributed by atoms with Gasteiger partial charge in [0.15, 0.2) is 0 Å². The van der Waals surface area contributed by atoms with Crippen molar-refractivity contribution in [1.29, 1.82) is 0 Å². The fourth-order valence-corrected chi connectivity index (χ4v) is 2.06. The first-order valence-corrected chi connectivity index (χ1v) is 6.57. The van der Waals surface area contributed by atoms with Crippen LogP contribution in [0.25, 0.3) is 0 Å². The molecule has 0 N–H and O–H groups in total. The lowest BCUT2D eigenvalue weighted by molar-refractivity contribution is -0.142. The van der Waals surface area contributed by atoms with Crippen molar-refractivity contribution in [2.45, 2.75) is 12.3 Å². The van der Waals surface area contributed by atoms with E-state index in [-0.39, 0.29) is 5.97 Å². The highest BCUT2D eigenvalue weighted by molar-refractivity contribution is 9.10. The number of carbonyl (C=O) groups excluding carboxylic acids is 1. The second-order valence-electron chi connectivity index (χ2n) is 4.16. The van der Waals surface area contributed by atoms with Gasteiger partial charge in [0.2, 0.25) is 0 Å². The summed E-state index contributed by atoms with van der Waals surface area (Å²) in [5.74, 6) is -0.742. The lowest BCUT2D eigenvalue weighted by Gasteiger charge is -2.12. The molecule has 6 heteroatoms. The van der Waals surface area contributed by atoms with E-state index >= 15 is 0 Å². The van der Waals surface area contributed by atoms with Crippen molar-refractivity contribution in [3.05, 3.63) is 46.5 Å². The number of hydrogen-bond acceptors (Lipinski definition) is 4. The fourth-order valence-electron chi connectivity index (χ4n) is 1.83. The van der Waals surface area contributed by atoms with Crippen LogP contribution in [-0.4, -0.2) is 27.8 Å². The maximum absolute atomic E-state index is 11.9. The normalized spacial score (nSPS) is 12.2. The molecule has 0 aliphatic carbocycles. The van der Waals surface area contributed by atoms with Gasteiger partial charge in [-0.15, -0.1) is 0 Å². The van der Waals surface area contributed by atoms with Gasteiger partial charge in [-0.1, -0.05) is 0 Å². The Morgan fingerprint density at radius 3 is 2.79 bits per heavy atom. The Kier molecular flexibility index (Phi) is 4.31. The van der Waals surface area contributed by atoms with Crippen LogP contribution >= 0.6 is 15.9 Å². The van der Waals surface area contributed by atoms with Crippen LogP contribution in [0.3, 0.4) is 0 Å². The van der Waals surface area contributed by atoms with E-state index in [0.717, 1.165) is 10.2 Å². The molecular weight excluding hydrogens is 310 g/mol. The Hall–Kier alpha value is -1.69. The van der Waals surface area contributed by atoms with Crippen molar-refractivity contribution in [3.8, 4) is 0 Å². The summed E-state index contributed by atoms with van der Waals surface area (Å²) in [5, 5.41) is 4.28. The summed E-state index contributed by atoms with van der Waals surface area (Å²) in [6, 6.07) is 5.56. The number of esters is 1. The Morgan fingerprint density at radius 1 is 1.47 bits per heavy atom. The maximum atomic E-state index is 11.9. The topological polar surface area (TPSA) is 57.0 Å². The zero-order valence-electron chi connectivity index (χ0n) is 10.7. The van der Waals surface area contributed by atoms with E-state index in [9.17, 15) is 4.79 Å². The van der Waals surface area contributed by atoms with Crippen LogP contribution < -0.4 is 0 Å². The smallest absolute Gasteiger partial charge is 0.315 e. The van der Waals surface area contributed by atoms with Crippen LogP contribution in [0, 0.1) is 0 Å². The molecule has 0 spiro atoms. The van der Waals surface area contributed by atoms with Gasteiger partial charge in [0.05, 0.1) is 18.5 Å². The third kappa shape index (κ3) is 3.41. The standard InChI is InChI=1S/C13H14BrN3O2/c1-17-6-5-10(16-17)7-11(13(18)19-2)12-4-3-9(14)8-15-12/h3-6,8,11H,7H2,1-2H3. The number of halogens is 1. The van der Waals surface area contributed by atoms with Crippen molar-refractivity contribution in [2.24, 2.45) is 7.05 Å². The van der Waals surface area contributed by atoms with E-state index in [4.69, 9.17) is 4.74 Å². The van der Waals surface area contributed by atoms with Crippen molar-refractivity contribution < 1.29 is 9.53 Å². The predicted molar refractivity (Wildman–Crippen MR) is 73.6 cm³/mol. The molecule has 1 atom stereocenters. The summed E-state index contributed by atoms with van der Waals surface area (Å²) in [6.45, 7) is 0. The molecule has 100 valence electrons. The van der Waals surface area contributed by atoms with Crippen LogP contribution in [0.2, 0.25) is 0 Å². The Labute approximate surface area is 119 Å². The number of carbonyl (C=O) groups is 1. The Bertz CT molecular complexity index is 566. The van der Waals surface area contributed by atoms with E-state index in [1.165, 1.54) is 7.11 Å². The number of nitrogens with zero attached hydrogens (tertiary/aromatic N) is 3. The summed E-state index contributed by atoms with van der Waals surface area (Å²) in [4.78, 5) is 16.2. The van der Waals surface area contributed by atoms with E-state index in [1.54, 1.807) is 10.9 Å². The molecule has 0 amide bonds. The third-order valence-corrected chi connectivity index (χ3v) is 3.24. The highest BCUT2D eigenvalue weighted by atomic mass is 79.9. The molecule has 0 aromatic carbocycles. The molecule has 0 radical (unpaired) electrons. The average Bonchev–Trinajstić information content (AvgIpc) is 2.82. The van der Waals surface area contributed by atoms with Crippen LogP contribution in [0.1, 0.15) is 17.3 Å². The van der Waals surface area contributed by atoms with Gasteiger partial charge in [0, 0.05) is 30.3 Å². The molecule has 5 nitrogen and oxygen atoms in total. The molecule has 1 unspecified atom stereocenters. The molecule has 0 bridgehead atoms. The first-order chi connectivity index (χ1) is 9.10. The monoisotopic (exact) mass is 323 g/mol. The van der Waals surface area contributed by atoms with E-state index in [2.05, 4.69) is 26.0 Å². The van der Waals surface area contributed by atoms with Crippen LogP contribution in [0.15, 0.2) is 35.1 Å². The van der Waals surface area contributed by atoms with Gasteiger partial charge in [0.1, 0.15) is 5.92 Å². The molecule has 2 aromatic heterocycles. The second-order valence-corrected chi connectivity index (χ2v) is 5.08. The summed E-state index contributed by atoms with van der Waals surface area (Å²) in [7, 11) is 3.22. The highest BCUT2D eigenvalue weighted by Crippen LogP contribution is 2.21. The predicted octanol–water partition coefficient (Wildman–Crippen LogP) is 2.08. The van der Waals surface area contributed by atoms with Gasteiger partial charge in [-0.05, 0) is 34.1 Å². The molecule has 0 aliphatic rings. The largest absolute Gasteiger partial charge is 0.468 e. The zero-order valence-corrected chi connectivity index (χ0v) is 12.3. The number of hydrogen-bond donors (Lipinski definition) is 0. The minimum absolute atomic E-state index is 0.305. The Morgan fingerprint density at radius 2 is 2.26 bits per heavy atom. The van der Waals surface area contributed by atoms with Crippen LogP contribution in [-0.2, 0) is 23.0 Å². The minimum atomic E-state index is -0.437. The number of ether oxygens (including phenoxy) is 1. The number of methoxy groups -OCH3 is 1. The lowest BCUT2D eigenvalue weighted by Crippen LogP contribution is -2.18. The van der Waals surface area contributed by atoms with E-state index in [0.29, 0.717) is 12.1 Å². The SMILES string of the molecule is COC(=O)C(Cc1ccn(C)n1)c1ccc(Br)cn1. The summed E-state index contributed by atoms with van der Waals surface area (Å²) in [6.07, 6.45) is 3.99. The summed E-state index contributed by atoms with van der Waals surface area (Å²) >= 11 is 3.32. The highest BCUT2D eigenvalue weighted by Gasteiger charge is 2.24. The first-order valence-electron chi connectivity index (χ1n) is 5.78. The van der Waals surface area contributed by atoms with Gasteiger partial charge in [-0.25, -0.2) is 0 Å². The van der Waals surface area contributed by atoms with Crippen molar-refractivity contribution in [2.75, 3.05) is 7.11 Å². The van der Waals surface area contributed by atoms with Gasteiger partial charge in [-0.3, -0.25) is 14.5 Å². The zero-order chi connectivity index (χ0) is 13.8. The van der Waals surface area contributed by atoms with Crippen molar-refractivity contribution in [1.82, 2.24) is 14.8 Å². The molecule has 0 fully saturated rings. The molecule has 19 heavy (non-hydrogen) atoms. The number of pyridine rings is 1. The van der Waals surface area contributed by atoms with Gasteiger partial charge in [-0.2, -0.15) is 5.10 Å². The number of rotatable bonds is 4.